The van der Waals surface area contributed by atoms with E-state index in [9.17, 15) is 4.79 Å². The quantitative estimate of drug-likeness (QED) is 0.714. The highest BCUT2D eigenvalue weighted by atomic mass is 16.5. The van der Waals surface area contributed by atoms with Crippen LogP contribution < -0.4 is 19.7 Å². The second-order valence-electron chi connectivity index (χ2n) is 6.81. The minimum atomic E-state index is -0.0653. The number of carbonyl (C=O) groups excluding carboxylic acids is 1. The van der Waals surface area contributed by atoms with E-state index in [1.54, 1.807) is 0 Å². The molecule has 0 spiro atoms. The molecule has 5 heteroatoms. The molecule has 1 amide bonds. The van der Waals surface area contributed by atoms with Gasteiger partial charge in [-0.05, 0) is 42.0 Å². The Labute approximate surface area is 164 Å². The van der Waals surface area contributed by atoms with E-state index < -0.39 is 0 Å². The fourth-order valence-electron chi connectivity index (χ4n) is 3.37. The lowest BCUT2D eigenvalue weighted by Crippen LogP contribution is -2.33. The maximum atomic E-state index is 12.6. The van der Waals surface area contributed by atoms with E-state index in [0.29, 0.717) is 24.7 Å². The van der Waals surface area contributed by atoms with Gasteiger partial charge in [0.25, 0.3) is 0 Å². The molecule has 0 aromatic heterocycles. The summed E-state index contributed by atoms with van der Waals surface area (Å²) in [4.78, 5) is 14.7. The van der Waals surface area contributed by atoms with Crippen LogP contribution in [0.2, 0.25) is 0 Å². The van der Waals surface area contributed by atoms with Gasteiger partial charge < -0.3 is 19.7 Å². The number of fused-ring (bicyclic) bond motifs is 2. The maximum Gasteiger partial charge on any atom is 0.243 e. The fraction of sp³-hybridized carbons (Fsp3) is 0.261. The Kier molecular flexibility index (Phi) is 5.33. The summed E-state index contributed by atoms with van der Waals surface area (Å²) in [7, 11) is 0. The SMILES string of the molecule is CCN(CC(=O)Nc1ccc2c(c1)OCCCO2)c1ccc2ccccc2c1. The molecule has 1 aliphatic heterocycles. The first kappa shape index (κ1) is 18.2. The number of anilines is 2. The van der Waals surface area contributed by atoms with E-state index in [4.69, 9.17) is 9.47 Å². The summed E-state index contributed by atoms with van der Waals surface area (Å²) in [5, 5.41) is 5.33. The van der Waals surface area contributed by atoms with E-state index >= 15 is 0 Å². The minimum absolute atomic E-state index is 0.0653. The number of hydrogen-bond donors (Lipinski definition) is 1. The van der Waals surface area contributed by atoms with Crippen LogP contribution in [-0.2, 0) is 4.79 Å². The second-order valence-corrected chi connectivity index (χ2v) is 6.81. The molecule has 1 N–H and O–H groups in total. The summed E-state index contributed by atoms with van der Waals surface area (Å²) >= 11 is 0. The summed E-state index contributed by atoms with van der Waals surface area (Å²) in [5.41, 5.74) is 1.75. The van der Waals surface area contributed by atoms with Crippen molar-refractivity contribution in [2.24, 2.45) is 0 Å². The second kappa shape index (κ2) is 8.21. The van der Waals surface area contributed by atoms with Crippen LogP contribution in [0, 0.1) is 0 Å². The van der Waals surface area contributed by atoms with Crippen molar-refractivity contribution < 1.29 is 14.3 Å². The van der Waals surface area contributed by atoms with Gasteiger partial charge in [-0.3, -0.25) is 4.79 Å². The number of likely N-dealkylation sites (N-methyl/N-ethyl adjacent to an activating group) is 1. The molecule has 0 fully saturated rings. The molecule has 1 aliphatic rings. The molecule has 5 nitrogen and oxygen atoms in total. The van der Waals surface area contributed by atoms with Crippen molar-refractivity contribution in [1.29, 1.82) is 0 Å². The van der Waals surface area contributed by atoms with Gasteiger partial charge in [-0.2, -0.15) is 0 Å². The van der Waals surface area contributed by atoms with Crippen molar-refractivity contribution in [3.8, 4) is 11.5 Å². The van der Waals surface area contributed by atoms with Crippen molar-refractivity contribution in [3.05, 3.63) is 60.7 Å². The third kappa shape index (κ3) is 4.03. The van der Waals surface area contributed by atoms with Crippen LogP contribution >= 0.6 is 0 Å². The van der Waals surface area contributed by atoms with Crippen molar-refractivity contribution in [2.45, 2.75) is 13.3 Å². The highest BCUT2D eigenvalue weighted by molar-refractivity contribution is 5.95. The lowest BCUT2D eigenvalue weighted by molar-refractivity contribution is -0.115. The number of nitrogens with one attached hydrogen (secondary N) is 1. The standard InChI is InChI=1S/C23H24N2O3/c1-2-25(20-10-8-17-6-3-4-7-18(17)14-20)16-23(26)24-19-9-11-21-22(15-19)28-13-5-12-27-21/h3-4,6-11,14-15H,2,5,12-13,16H2,1H3,(H,24,26). The minimum Gasteiger partial charge on any atom is -0.490 e. The molecular weight excluding hydrogens is 352 g/mol. The Morgan fingerprint density at radius 3 is 2.57 bits per heavy atom. The van der Waals surface area contributed by atoms with Gasteiger partial charge in [0.15, 0.2) is 11.5 Å². The zero-order valence-corrected chi connectivity index (χ0v) is 16.0. The molecule has 28 heavy (non-hydrogen) atoms. The summed E-state index contributed by atoms with van der Waals surface area (Å²) in [6, 6.07) is 20.0. The molecule has 0 atom stereocenters. The number of nitrogens with zero attached hydrogens (tertiary/aromatic N) is 1. The van der Waals surface area contributed by atoms with Gasteiger partial charge in [-0.15, -0.1) is 0 Å². The molecular formula is C23H24N2O3. The summed E-state index contributed by atoms with van der Waals surface area (Å²) in [5.74, 6) is 1.34. The van der Waals surface area contributed by atoms with Gasteiger partial charge in [0.2, 0.25) is 5.91 Å². The van der Waals surface area contributed by atoms with E-state index in [0.717, 1.165) is 24.4 Å². The molecule has 0 saturated carbocycles. The number of carbonyl (C=O) groups is 1. The van der Waals surface area contributed by atoms with Crippen LogP contribution in [0.15, 0.2) is 60.7 Å². The molecule has 0 bridgehead atoms. The van der Waals surface area contributed by atoms with E-state index in [2.05, 4.69) is 47.5 Å². The average Bonchev–Trinajstić information content (AvgIpc) is 2.96. The molecule has 0 radical (unpaired) electrons. The third-order valence-corrected chi connectivity index (χ3v) is 4.85. The van der Waals surface area contributed by atoms with Gasteiger partial charge in [-0.25, -0.2) is 0 Å². The van der Waals surface area contributed by atoms with Gasteiger partial charge in [0, 0.05) is 30.4 Å². The molecule has 3 aromatic carbocycles. The number of rotatable bonds is 5. The largest absolute Gasteiger partial charge is 0.490 e. The first-order valence-corrected chi connectivity index (χ1v) is 9.66. The lowest BCUT2D eigenvalue weighted by atomic mass is 10.1. The van der Waals surface area contributed by atoms with Gasteiger partial charge >= 0.3 is 0 Å². The molecule has 0 unspecified atom stereocenters. The molecule has 3 aromatic rings. The summed E-state index contributed by atoms with van der Waals surface area (Å²) < 4.78 is 11.3. The Morgan fingerprint density at radius 2 is 1.75 bits per heavy atom. The molecule has 0 aliphatic carbocycles. The third-order valence-electron chi connectivity index (χ3n) is 4.85. The average molecular weight is 376 g/mol. The normalized spacial score (nSPS) is 13.0. The first-order valence-electron chi connectivity index (χ1n) is 9.66. The van der Waals surface area contributed by atoms with Crippen LogP contribution in [0.4, 0.5) is 11.4 Å². The number of hydrogen-bond acceptors (Lipinski definition) is 4. The Morgan fingerprint density at radius 1 is 0.964 bits per heavy atom. The highest BCUT2D eigenvalue weighted by Crippen LogP contribution is 2.32. The van der Waals surface area contributed by atoms with Crippen LogP contribution in [0.5, 0.6) is 11.5 Å². The van der Waals surface area contributed by atoms with Crippen LogP contribution in [0.1, 0.15) is 13.3 Å². The number of benzene rings is 3. The maximum absolute atomic E-state index is 12.6. The number of amides is 1. The molecule has 4 rings (SSSR count). The topological polar surface area (TPSA) is 50.8 Å². The Hall–Kier alpha value is -3.21. The van der Waals surface area contributed by atoms with Crippen molar-refractivity contribution in [3.63, 3.8) is 0 Å². The van der Waals surface area contributed by atoms with Gasteiger partial charge in [0.1, 0.15) is 0 Å². The summed E-state index contributed by atoms with van der Waals surface area (Å²) in [6.07, 6.45) is 0.855. The predicted molar refractivity (Wildman–Crippen MR) is 113 cm³/mol. The van der Waals surface area contributed by atoms with Crippen LogP contribution in [-0.4, -0.2) is 32.2 Å². The summed E-state index contributed by atoms with van der Waals surface area (Å²) in [6.45, 7) is 4.35. The molecule has 1 heterocycles. The highest BCUT2D eigenvalue weighted by Gasteiger charge is 2.14. The van der Waals surface area contributed by atoms with Crippen LogP contribution in [0.25, 0.3) is 10.8 Å². The predicted octanol–water partition coefficient (Wildman–Crippen LogP) is 4.47. The smallest absolute Gasteiger partial charge is 0.243 e. The Bertz CT molecular complexity index is 986. The van der Waals surface area contributed by atoms with Gasteiger partial charge in [-0.1, -0.05) is 30.3 Å². The Balaban J connectivity index is 1.46. The van der Waals surface area contributed by atoms with Crippen molar-refractivity contribution in [2.75, 3.05) is 36.5 Å². The number of ether oxygens (including phenoxy) is 2. The van der Waals surface area contributed by atoms with E-state index in [1.165, 1.54) is 10.8 Å². The zero-order valence-electron chi connectivity index (χ0n) is 16.0. The molecule has 144 valence electrons. The van der Waals surface area contributed by atoms with Crippen LogP contribution in [0.3, 0.4) is 0 Å². The lowest BCUT2D eigenvalue weighted by Gasteiger charge is -2.23. The molecule has 0 saturated heterocycles. The van der Waals surface area contributed by atoms with Crippen molar-refractivity contribution >= 4 is 28.1 Å². The van der Waals surface area contributed by atoms with Crippen molar-refractivity contribution in [1.82, 2.24) is 0 Å². The monoisotopic (exact) mass is 376 g/mol. The first-order chi connectivity index (χ1) is 13.7. The fourth-order valence-corrected chi connectivity index (χ4v) is 3.37. The van der Waals surface area contributed by atoms with E-state index in [-0.39, 0.29) is 12.5 Å². The zero-order chi connectivity index (χ0) is 19.3. The van der Waals surface area contributed by atoms with Gasteiger partial charge in [0.05, 0.1) is 19.8 Å². The van der Waals surface area contributed by atoms with E-state index in [1.807, 2.05) is 30.3 Å².